The lowest BCUT2D eigenvalue weighted by atomic mass is 10.2. The van der Waals surface area contributed by atoms with Gasteiger partial charge >= 0.3 is 12.0 Å². The van der Waals surface area contributed by atoms with Crippen molar-refractivity contribution in [3.05, 3.63) is 54.6 Å². The van der Waals surface area contributed by atoms with Crippen LogP contribution in [-0.2, 0) is 14.3 Å². The van der Waals surface area contributed by atoms with Crippen molar-refractivity contribution >= 4 is 29.3 Å². The van der Waals surface area contributed by atoms with Gasteiger partial charge in [0.05, 0.1) is 0 Å². The summed E-state index contributed by atoms with van der Waals surface area (Å²) in [6, 6.07) is 16.1. The van der Waals surface area contributed by atoms with Crippen molar-refractivity contribution in [3.8, 4) is 5.75 Å². The van der Waals surface area contributed by atoms with Crippen molar-refractivity contribution in [2.75, 3.05) is 19.0 Å². The number of hydrogen-bond acceptors (Lipinski definition) is 6. The van der Waals surface area contributed by atoms with E-state index < -0.39 is 24.0 Å². The number of para-hydroxylation sites is 1. The van der Waals surface area contributed by atoms with Crippen molar-refractivity contribution in [1.82, 2.24) is 10.6 Å². The molecule has 3 N–H and O–H groups in total. The molecule has 0 aliphatic rings. The molecule has 2 aromatic carbocycles. The second kappa shape index (κ2) is 9.81. The Hall–Kier alpha value is -3.55. The minimum atomic E-state index is -1.11. The molecule has 0 radical (unpaired) electrons. The Balaban J connectivity index is 1.78. The van der Waals surface area contributed by atoms with E-state index in [1.807, 2.05) is 47.8 Å². The molecule has 1 atom stereocenters. The number of urea groups is 1. The van der Waals surface area contributed by atoms with Gasteiger partial charge in [0.2, 0.25) is 0 Å². The molecule has 0 aliphatic heterocycles. The number of carbonyl (C=O) groups is 3. The number of imide groups is 1. The van der Waals surface area contributed by atoms with Crippen LogP contribution >= 0.6 is 0 Å². The Bertz CT molecular complexity index is 778. The summed E-state index contributed by atoms with van der Waals surface area (Å²) in [7, 11) is 1.37. The third kappa shape index (κ3) is 6.69. The van der Waals surface area contributed by atoms with E-state index >= 15 is 0 Å². The first kappa shape index (κ1) is 19.8. The molecule has 0 aliphatic carbocycles. The van der Waals surface area contributed by atoms with Crippen LogP contribution in [0.3, 0.4) is 0 Å². The Morgan fingerprint density at radius 1 is 0.963 bits per heavy atom. The minimum absolute atomic E-state index is 0.358. The van der Waals surface area contributed by atoms with Gasteiger partial charge in [-0.1, -0.05) is 18.2 Å². The summed E-state index contributed by atoms with van der Waals surface area (Å²) in [6.45, 7) is 1.00. The maximum Gasteiger partial charge on any atom is 0.344 e. The fraction of sp³-hybridized carbons (Fsp3) is 0.211. The molecule has 2 aromatic rings. The lowest BCUT2D eigenvalue weighted by Crippen LogP contribution is -2.43. The van der Waals surface area contributed by atoms with Crippen LogP contribution in [0, 0.1) is 0 Å². The highest BCUT2D eigenvalue weighted by molar-refractivity contribution is 5.97. The van der Waals surface area contributed by atoms with E-state index in [2.05, 4.69) is 10.6 Å². The van der Waals surface area contributed by atoms with Crippen LogP contribution in [0.2, 0.25) is 0 Å². The van der Waals surface area contributed by atoms with Crippen molar-refractivity contribution in [1.29, 1.82) is 0 Å². The summed E-state index contributed by atoms with van der Waals surface area (Å²) in [5.41, 5.74) is 1.83. The third-order valence-corrected chi connectivity index (χ3v) is 3.41. The third-order valence-electron chi connectivity index (χ3n) is 3.41. The molecule has 27 heavy (non-hydrogen) atoms. The quantitative estimate of drug-likeness (QED) is 0.645. The van der Waals surface area contributed by atoms with E-state index in [1.54, 1.807) is 12.1 Å². The average Bonchev–Trinajstić information content (AvgIpc) is 2.68. The number of anilines is 2. The van der Waals surface area contributed by atoms with Gasteiger partial charge in [-0.05, 0) is 43.3 Å². The second-order valence-corrected chi connectivity index (χ2v) is 5.50. The van der Waals surface area contributed by atoms with Crippen molar-refractivity contribution < 1.29 is 23.9 Å². The van der Waals surface area contributed by atoms with E-state index in [9.17, 15) is 14.4 Å². The summed E-state index contributed by atoms with van der Waals surface area (Å²) < 4.78 is 10.3. The minimum Gasteiger partial charge on any atom is -0.482 e. The number of amides is 3. The molecule has 0 bridgehead atoms. The highest BCUT2D eigenvalue weighted by Crippen LogP contribution is 2.19. The molecule has 0 saturated carbocycles. The van der Waals surface area contributed by atoms with Crippen LogP contribution in [0.15, 0.2) is 54.6 Å². The van der Waals surface area contributed by atoms with E-state index in [0.29, 0.717) is 5.75 Å². The van der Waals surface area contributed by atoms with Crippen molar-refractivity contribution in [2.24, 2.45) is 0 Å². The zero-order valence-corrected chi connectivity index (χ0v) is 15.0. The van der Waals surface area contributed by atoms with Gasteiger partial charge in [-0.2, -0.15) is 0 Å². The predicted octanol–water partition coefficient (Wildman–Crippen LogP) is 2.20. The number of rotatable bonds is 7. The molecule has 0 spiro atoms. The molecule has 0 unspecified atom stereocenters. The maximum atomic E-state index is 11.8. The SMILES string of the molecule is CNC(=O)NC(=O)[C@@H](C)OC(=O)COc1ccc(Nc2ccccc2)cc1. The van der Waals surface area contributed by atoms with Gasteiger partial charge in [0.15, 0.2) is 12.7 Å². The lowest BCUT2D eigenvalue weighted by molar-refractivity contribution is -0.156. The summed E-state index contributed by atoms with van der Waals surface area (Å²) in [6.07, 6.45) is -1.11. The molecule has 0 aromatic heterocycles. The van der Waals surface area contributed by atoms with Crippen LogP contribution in [-0.4, -0.2) is 37.7 Å². The molecular formula is C19H21N3O5. The second-order valence-electron chi connectivity index (χ2n) is 5.50. The first-order chi connectivity index (χ1) is 13.0. The standard InChI is InChI=1S/C19H21N3O5/c1-13(18(24)22-19(25)20-2)27-17(23)12-26-16-10-8-15(9-11-16)21-14-6-4-3-5-7-14/h3-11,13,21H,12H2,1-2H3,(H2,20,22,24,25)/t13-/m1/s1. The zero-order chi connectivity index (χ0) is 19.6. The van der Waals surface area contributed by atoms with Gasteiger partial charge in [-0.15, -0.1) is 0 Å². The molecule has 8 nitrogen and oxygen atoms in total. The van der Waals surface area contributed by atoms with Crippen LogP contribution in [0.4, 0.5) is 16.2 Å². The fourth-order valence-corrected chi connectivity index (χ4v) is 2.03. The molecule has 142 valence electrons. The van der Waals surface area contributed by atoms with Crippen LogP contribution < -0.4 is 20.7 Å². The first-order valence-electron chi connectivity index (χ1n) is 8.25. The van der Waals surface area contributed by atoms with E-state index in [4.69, 9.17) is 9.47 Å². The van der Waals surface area contributed by atoms with E-state index in [0.717, 1.165) is 11.4 Å². The number of benzene rings is 2. The maximum absolute atomic E-state index is 11.8. The van der Waals surface area contributed by atoms with Gasteiger partial charge in [-0.3, -0.25) is 10.1 Å². The van der Waals surface area contributed by atoms with Gasteiger partial charge < -0.3 is 20.1 Å². The number of hydrogen-bond donors (Lipinski definition) is 3. The molecule has 0 fully saturated rings. The molecule has 8 heteroatoms. The van der Waals surface area contributed by atoms with Gasteiger partial charge in [-0.25, -0.2) is 9.59 Å². The normalized spacial score (nSPS) is 11.0. The topological polar surface area (TPSA) is 106 Å². The Morgan fingerprint density at radius 3 is 2.22 bits per heavy atom. The summed E-state index contributed by atoms with van der Waals surface area (Å²) in [5, 5.41) is 7.48. The van der Waals surface area contributed by atoms with Crippen LogP contribution in [0.25, 0.3) is 0 Å². The smallest absolute Gasteiger partial charge is 0.344 e. The van der Waals surface area contributed by atoms with Crippen LogP contribution in [0.5, 0.6) is 5.75 Å². The number of ether oxygens (including phenoxy) is 2. The molecule has 2 rings (SSSR count). The largest absolute Gasteiger partial charge is 0.482 e. The van der Waals surface area contributed by atoms with Gasteiger partial charge in [0.1, 0.15) is 5.75 Å². The Labute approximate surface area is 156 Å². The van der Waals surface area contributed by atoms with Gasteiger partial charge in [0, 0.05) is 18.4 Å². The van der Waals surface area contributed by atoms with Crippen molar-refractivity contribution in [2.45, 2.75) is 13.0 Å². The number of nitrogens with one attached hydrogen (secondary N) is 3. The highest BCUT2D eigenvalue weighted by atomic mass is 16.6. The first-order valence-corrected chi connectivity index (χ1v) is 8.25. The summed E-state index contributed by atoms with van der Waals surface area (Å²) in [5.74, 6) is -0.965. The Morgan fingerprint density at radius 2 is 1.59 bits per heavy atom. The fourth-order valence-electron chi connectivity index (χ4n) is 2.03. The van der Waals surface area contributed by atoms with E-state index in [-0.39, 0.29) is 6.61 Å². The van der Waals surface area contributed by atoms with Crippen molar-refractivity contribution in [3.63, 3.8) is 0 Å². The lowest BCUT2D eigenvalue weighted by Gasteiger charge is -2.13. The number of carbonyl (C=O) groups excluding carboxylic acids is 3. The monoisotopic (exact) mass is 371 g/mol. The van der Waals surface area contributed by atoms with E-state index in [1.165, 1.54) is 14.0 Å². The van der Waals surface area contributed by atoms with Crippen LogP contribution in [0.1, 0.15) is 6.92 Å². The molecular weight excluding hydrogens is 350 g/mol. The number of esters is 1. The molecule has 0 saturated heterocycles. The average molecular weight is 371 g/mol. The Kier molecular flexibility index (Phi) is 7.18. The summed E-state index contributed by atoms with van der Waals surface area (Å²) >= 11 is 0. The summed E-state index contributed by atoms with van der Waals surface area (Å²) in [4.78, 5) is 34.4. The predicted molar refractivity (Wildman–Crippen MR) is 99.8 cm³/mol. The molecule has 0 heterocycles. The zero-order valence-electron chi connectivity index (χ0n) is 15.0. The highest BCUT2D eigenvalue weighted by Gasteiger charge is 2.19. The molecule has 3 amide bonds. The van der Waals surface area contributed by atoms with Gasteiger partial charge in [0.25, 0.3) is 5.91 Å².